The second-order valence-electron chi connectivity index (χ2n) is 7.89. The van der Waals surface area contributed by atoms with Crippen molar-refractivity contribution in [2.75, 3.05) is 0 Å². The average molecular weight is 492 g/mol. The lowest BCUT2D eigenvalue weighted by Crippen LogP contribution is -1.92. The molecule has 0 aliphatic rings. The van der Waals surface area contributed by atoms with Gasteiger partial charge in [0.25, 0.3) is 5.69 Å². The third-order valence-electron chi connectivity index (χ3n) is 5.65. The van der Waals surface area contributed by atoms with Gasteiger partial charge in [-0.2, -0.15) is 0 Å². The Hall–Kier alpha value is -5.58. The third kappa shape index (κ3) is 4.56. The molecule has 0 fully saturated rings. The molecule has 0 aliphatic heterocycles. The van der Waals surface area contributed by atoms with Crippen LogP contribution in [0.1, 0.15) is 0 Å². The van der Waals surface area contributed by atoms with Crippen LogP contribution < -0.4 is 0 Å². The summed E-state index contributed by atoms with van der Waals surface area (Å²) in [5.74, 6) is 0.156. The van der Waals surface area contributed by atoms with Crippen LogP contribution in [0, 0.1) is 20.2 Å². The van der Waals surface area contributed by atoms with Gasteiger partial charge >= 0.3 is 5.69 Å². The van der Waals surface area contributed by atoms with Gasteiger partial charge in [-0.1, -0.05) is 48.5 Å². The molecule has 5 aromatic carbocycles. The zero-order chi connectivity index (χ0) is 25.9. The first-order chi connectivity index (χ1) is 17.9. The van der Waals surface area contributed by atoms with Crippen molar-refractivity contribution in [1.29, 1.82) is 0 Å². The van der Waals surface area contributed by atoms with Crippen molar-refractivity contribution >= 4 is 55.7 Å². The van der Waals surface area contributed by atoms with Crippen molar-refractivity contribution in [2.45, 2.75) is 0 Å². The van der Waals surface area contributed by atoms with Crippen LogP contribution in [0.15, 0.2) is 111 Å². The predicted molar refractivity (Wildman–Crippen MR) is 138 cm³/mol. The van der Waals surface area contributed by atoms with Gasteiger partial charge in [-0.15, -0.1) is 20.5 Å². The quantitative estimate of drug-likeness (QED) is 0.143. The van der Waals surface area contributed by atoms with E-state index in [1.165, 1.54) is 6.07 Å². The summed E-state index contributed by atoms with van der Waals surface area (Å²) >= 11 is 0. The summed E-state index contributed by atoms with van der Waals surface area (Å²) in [4.78, 5) is 20.9. The largest absolute Gasteiger partial charge is 0.507 e. The van der Waals surface area contributed by atoms with E-state index in [1.807, 2.05) is 42.5 Å². The highest BCUT2D eigenvalue weighted by molar-refractivity contribution is 6.00. The average Bonchev–Trinajstić information content (AvgIpc) is 2.91. The fourth-order valence-corrected chi connectivity index (χ4v) is 3.87. The molecule has 0 atom stereocenters. The molecule has 0 saturated carbocycles. The topological polar surface area (TPSA) is 156 Å². The molecule has 0 amide bonds. The van der Waals surface area contributed by atoms with Crippen LogP contribution in [0.4, 0.5) is 34.1 Å². The standard InChI is InChI=1S/C26H16N6O5/c33-26-14-13-23(19-7-3-4-8-20(19)26)28-27-21-11-12-22(18-6-2-1-5-17(18)21)29-30-24-10-9-16(31(34)35)15-25(24)32(36)37/h1-15,33H. The molecule has 180 valence electrons. The molecular formula is C26H16N6O5. The van der Waals surface area contributed by atoms with Crippen LogP contribution in [0.5, 0.6) is 5.75 Å². The van der Waals surface area contributed by atoms with Gasteiger partial charge in [0.05, 0.1) is 33.0 Å². The summed E-state index contributed by atoms with van der Waals surface area (Å²) in [5.41, 5.74) is 0.542. The summed E-state index contributed by atoms with van der Waals surface area (Å²) in [6, 6.07) is 24.4. The first kappa shape index (κ1) is 23.2. The Morgan fingerprint density at radius 2 is 0.973 bits per heavy atom. The molecule has 0 heterocycles. The van der Waals surface area contributed by atoms with Gasteiger partial charge in [0.15, 0.2) is 5.69 Å². The normalized spacial score (nSPS) is 11.6. The first-order valence-corrected chi connectivity index (χ1v) is 10.9. The lowest BCUT2D eigenvalue weighted by molar-refractivity contribution is -0.393. The predicted octanol–water partition coefficient (Wildman–Crippen LogP) is 8.35. The van der Waals surface area contributed by atoms with Crippen molar-refractivity contribution in [3.8, 4) is 5.75 Å². The summed E-state index contributed by atoms with van der Waals surface area (Å²) in [5, 5.41) is 52.3. The highest BCUT2D eigenvalue weighted by Gasteiger charge is 2.19. The molecule has 5 rings (SSSR count). The Balaban J connectivity index is 1.53. The number of hydrogen-bond donors (Lipinski definition) is 1. The first-order valence-electron chi connectivity index (χ1n) is 10.9. The Labute approximate surface area is 208 Å². The molecule has 0 spiro atoms. The number of rotatable bonds is 6. The number of benzene rings is 5. The number of nitrogens with zero attached hydrogens (tertiary/aromatic N) is 6. The molecule has 1 N–H and O–H groups in total. The molecule has 0 aromatic heterocycles. The number of aromatic hydroxyl groups is 1. The summed E-state index contributed by atoms with van der Waals surface area (Å²) < 4.78 is 0. The second kappa shape index (κ2) is 9.58. The number of phenols is 1. The lowest BCUT2D eigenvalue weighted by atomic mass is 10.1. The number of nitro benzene ring substituents is 2. The van der Waals surface area contributed by atoms with E-state index >= 15 is 0 Å². The molecule has 0 bridgehead atoms. The summed E-state index contributed by atoms with van der Waals surface area (Å²) in [7, 11) is 0. The zero-order valence-corrected chi connectivity index (χ0v) is 18.9. The summed E-state index contributed by atoms with van der Waals surface area (Å²) in [6.45, 7) is 0. The van der Waals surface area contributed by atoms with Crippen LogP contribution in [0.3, 0.4) is 0 Å². The molecule has 0 saturated heterocycles. The summed E-state index contributed by atoms with van der Waals surface area (Å²) in [6.07, 6.45) is 0. The smallest absolute Gasteiger partial charge is 0.303 e. The van der Waals surface area contributed by atoms with Crippen LogP contribution >= 0.6 is 0 Å². The monoisotopic (exact) mass is 492 g/mol. The fourth-order valence-electron chi connectivity index (χ4n) is 3.87. The fraction of sp³-hybridized carbons (Fsp3) is 0. The maximum absolute atomic E-state index is 11.4. The Bertz CT molecular complexity index is 1770. The number of nitro groups is 2. The van der Waals surface area contributed by atoms with Crippen LogP contribution in [0.2, 0.25) is 0 Å². The minimum absolute atomic E-state index is 0.109. The number of phenolic OH excluding ortho intramolecular Hbond substituents is 1. The SMILES string of the molecule is O=[N+]([O-])c1ccc(N=Nc2ccc(N=Nc3ccc(O)c4ccccc34)c3ccccc23)c([N+](=O)[O-])c1. The van der Waals surface area contributed by atoms with E-state index in [2.05, 4.69) is 20.5 Å². The van der Waals surface area contributed by atoms with Crippen LogP contribution in [-0.4, -0.2) is 15.0 Å². The van der Waals surface area contributed by atoms with Gasteiger partial charge in [-0.25, -0.2) is 0 Å². The maximum atomic E-state index is 11.4. The van der Waals surface area contributed by atoms with E-state index in [9.17, 15) is 25.3 Å². The van der Waals surface area contributed by atoms with Crippen molar-refractivity contribution in [1.82, 2.24) is 0 Å². The zero-order valence-electron chi connectivity index (χ0n) is 18.9. The van der Waals surface area contributed by atoms with Gasteiger partial charge in [-0.05, 0) is 30.3 Å². The maximum Gasteiger partial charge on any atom is 0.303 e. The number of non-ortho nitro benzene ring substituents is 1. The molecule has 0 unspecified atom stereocenters. The highest BCUT2D eigenvalue weighted by Crippen LogP contribution is 2.38. The van der Waals surface area contributed by atoms with Gasteiger partial charge in [0.2, 0.25) is 0 Å². The highest BCUT2D eigenvalue weighted by atomic mass is 16.6. The molecular weight excluding hydrogens is 476 g/mol. The molecule has 0 radical (unpaired) electrons. The Morgan fingerprint density at radius 1 is 0.541 bits per heavy atom. The Kier molecular flexibility index (Phi) is 6.00. The molecule has 5 aromatic rings. The Morgan fingerprint density at radius 3 is 1.49 bits per heavy atom. The number of fused-ring (bicyclic) bond motifs is 2. The van der Waals surface area contributed by atoms with E-state index in [-0.39, 0.29) is 11.4 Å². The van der Waals surface area contributed by atoms with E-state index < -0.39 is 21.2 Å². The minimum atomic E-state index is -0.740. The van der Waals surface area contributed by atoms with Crippen LogP contribution in [-0.2, 0) is 0 Å². The van der Waals surface area contributed by atoms with Crippen molar-refractivity contribution < 1.29 is 15.0 Å². The third-order valence-corrected chi connectivity index (χ3v) is 5.65. The molecule has 37 heavy (non-hydrogen) atoms. The van der Waals surface area contributed by atoms with Gasteiger partial charge < -0.3 is 5.11 Å². The van der Waals surface area contributed by atoms with E-state index in [0.717, 1.165) is 22.9 Å². The molecule has 11 heteroatoms. The lowest BCUT2D eigenvalue weighted by Gasteiger charge is -2.06. The van der Waals surface area contributed by atoms with Gasteiger partial charge in [0.1, 0.15) is 5.75 Å². The van der Waals surface area contributed by atoms with E-state index in [1.54, 1.807) is 30.3 Å². The van der Waals surface area contributed by atoms with Crippen LogP contribution in [0.25, 0.3) is 21.5 Å². The second-order valence-corrected chi connectivity index (χ2v) is 7.89. The van der Waals surface area contributed by atoms with E-state index in [4.69, 9.17) is 0 Å². The number of hydrogen-bond acceptors (Lipinski definition) is 9. The number of azo groups is 2. The van der Waals surface area contributed by atoms with E-state index in [0.29, 0.717) is 27.8 Å². The van der Waals surface area contributed by atoms with Gasteiger partial charge in [0, 0.05) is 27.6 Å². The molecule has 0 aliphatic carbocycles. The van der Waals surface area contributed by atoms with Crippen molar-refractivity contribution in [3.05, 3.63) is 111 Å². The van der Waals surface area contributed by atoms with Gasteiger partial charge in [-0.3, -0.25) is 20.2 Å². The minimum Gasteiger partial charge on any atom is -0.507 e. The van der Waals surface area contributed by atoms with Crippen molar-refractivity contribution in [2.24, 2.45) is 20.5 Å². The molecule has 11 nitrogen and oxygen atoms in total. The van der Waals surface area contributed by atoms with Crippen molar-refractivity contribution in [3.63, 3.8) is 0 Å².